The van der Waals surface area contributed by atoms with E-state index in [1.165, 1.54) is 24.8 Å². The van der Waals surface area contributed by atoms with Crippen LogP contribution >= 0.6 is 28.3 Å². The van der Waals surface area contributed by atoms with Crippen molar-refractivity contribution in [1.82, 2.24) is 0 Å². The minimum atomic E-state index is 0. The number of halogens is 2. The molecule has 0 saturated heterocycles. The maximum atomic E-state index is 6.08. The molecule has 15 heavy (non-hydrogen) atoms. The van der Waals surface area contributed by atoms with Gasteiger partial charge in [0, 0.05) is 10.5 Å². The SMILES string of the molecule is CCCCC[C@@H](N)c1cccc(Br)c1.Cl. The average Bonchev–Trinajstić information content (AvgIpc) is 2.18. The third-order valence-corrected chi connectivity index (χ3v) is 2.89. The number of unbranched alkanes of at least 4 members (excludes halogenated alkanes) is 2. The van der Waals surface area contributed by atoms with Crippen LogP contribution in [0.3, 0.4) is 0 Å². The van der Waals surface area contributed by atoms with E-state index in [1.54, 1.807) is 0 Å². The van der Waals surface area contributed by atoms with Gasteiger partial charge in [-0.1, -0.05) is 54.2 Å². The Morgan fingerprint density at radius 1 is 1.33 bits per heavy atom. The second-order valence-corrected chi connectivity index (χ2v) is 4.57. The zero-order valence-corrected chi connectivity index (χ0v) is 11.5. The highest BCUT2D eigenvalue weighted by Crippen LogP contribution is 2.20. The maximum absolute atomic E-state index is 6.08. The van der Waals surface area contributed by atoms with Gasteiger partial charge in [-0.2, -0.15) is 0 Å². The van der Waals surface area contributed by atoms with Crippen molar-refractivity contribution in [3.8, 4) is 0 Å². The largest absolute Gasteiger partial charge is 0.324 e. The first-order valence-corrected chi connectivity index (χ1v) is 6.04. The first-order valence-electron chi connectivity index (χ1n) is 5.25. The lowest BCUT2D eigenvalue weighted by Crippen LogP contribution is -2.09. The van der Waals surface area contributed by atoms with Crippen molar-refractivity contribution >= 4 is 28.3 Å². The Bertz CT molecular complexity index is 278. The minimum absolute atomic E-state index is 0. The molecule has 1 aromatic carbocycles. The zero-order valence-electron chi connectivity index (χ0n) is 9.08. The van der Waals surface area contributed by atoms with Crippen LogP contribution in [0.15, 0.2) is 28.7 Å². The fourth-order valence-electron chi connectivity index (χ4n) is 1.52. The Morgan fingerprint density at radius 2 is 2.07 bits per heavy atom. The van der Waals surface area contributed by atoms with E-state index in [4.69, 9.17) is 5.73 Å². The molecular weight excluding hydrogens is 273 g/mol. The first kappa shape index (κ1) is 14.9. The summed E-state index contributed by atoms with van der Waals surface area (Å²) in [5.41, 5.74) is 7.32. The van der Waals surface area contributed by atoms with Crippen molar-refractivity contribution < 1.29 is 0 Å². The van der Waals surface area contributed by atoms with E-state index < -0.39 is 0 Å². The van der Waals surface area contributed by atoms with Crippen LogP contribution < -0.4 is 5.73 Å². The van der Waals surface area contributed by atoms with Crippen LogP contribution in [0.1, 0.15) is 44.2 Å². The molecule has 1 nitrogen and oxygen atoms in total. The molecule has 0 amide bonds. The molecule has 0 unspecified atom stereocenters. The van der Waals surface area contributed by atoms with Gasteiger partial charge in [0.05, 0.1) is 0 Å². The number of rotatable bonds is 5. The van der Waals surface area contributed by atoms with E-state index >= 15 is 0 Å². The fraction of sp³-hybridized carbons (Fsp3) is 0.500. The molecule has 3 heteroatoms. The molecule has 0 fully saturated rings. The van der Waals surface area contributed by atoms with Crippen molar-refractivity contribution in [2.45, 2.75) is 38.6 Å². The normalized spacial score (nSPS) is 11.9. The Morgan fingerprint density at radius 3 is 2.67 bits per heavy atom. The van der Waals surface area contributed by atoms with Gasteiger partial charge in [-0.3, -0.25) is 0 Å². The van der Waals surface area contributed by atoms with Gasteiger partial charge in [-0.25, -0.2) is 0 Å². The van der Waals surface area contributed by atoms with Gasteiger partial charge in [0.2, 0.25) is 0 Å². The minimum Gasteiger partial charge on any atom is -0.324 e. The molecule has 0 aromatic heterocycles. The van der Waals surface area contributed by atoms with Gasteiger partial charge >= 0.3 is 0 Å². The first-order chi connectivity index (χ1) is 6.74. The van der Waals surface area contributed by atoms with Crippen molar-refractivity contribution in [3.63, 3.8) is 0 Å². The lowest BCUT2D eigenvalue weighted by atomic mass is 10.0. The van der Waals surface area contributed by atoms with Gasteiger partial charge in [-0.05, 0) is 24.1 Å². The van der Waals surface area contributed by atoms with E-state index in [0.717, 1.165) is 10.9 Å². The summed E-state index contributed by atoms with van der Waals surface area (Å²) < 4.78 is 1.11. The topological polar surface area (TPSA) is 26.0 Å². The van der Waals surface area contributed by atoms with E-state index in [9.17, 15) is 0 Å². The Hall–Kier alpha value is -0.0500. The molecule has 0 saturated carbocycles. The molecule has 0 aliphatic rings. The molecule has 0 radical (unpaired) electrons. The quantitative estimate of drug-likeness (QED) is 0.797. The summed E-state index contributed by atoms with van der Waals surface area (Å²) in [6.45, 7) is 2.21. The summed E-state index contributed by atoms with van der Waals surface area (Å²) in [5, 5.41) is 0. The van der Waals surface area contributed by atoms with Crippen LogP contribution in [-0.2, 0) is 0 Å². The highest BCUT2D eigenvalue weighted by atomic mass is 79.9. The van der Waals surface area contributed by atoms with Crippen molar-refractivity contribution in [2.75, 3.05) is 0 Å². The summed E-state index contributed by atoms with van der Waals surface area (Å²) in [7, 11) is 0. The molecule has 0 heterocycles. The summed E-state index contributed by atoms with van der Waals surface area (Å²) in [5.74, 6) is 0. The van der Waals surface area contributed by atoms with Crippen molar-refractivity contribution in [1.29, 1.82) is 0 Å². The van der Waals surface area contributed by atoms with Gasteiger partial charge in [-0.15, -0.1) is 12.4 Å². The van der Waals surface area contributed by atoms with Gasteiger partial charge in [0.15, 0.2) is 0 Å². The molecule has 86 valence electrons. The van der Waals surface area contributed by atoms with Gasteiger partial charge < -0.3 is 5.73 Å². The second-order valence-electron chi connectivity index (χ2n) is 3.66. The second kappa shape index (κ2) is 8.14. The third-order valence-electron chi connectivity index (χ3n) is 2.40. The number of nitrogens with two attached hydrogens (primary N) is 1. The van der Waals surface area contributed by atoms with Crippen LogP contribution in [0.25, 0.3) is 0 Å². The fourth-order valence-corrected chi connectivity index (χ4v) is 1.94. The predicted molar refractivity (Wildman–Crippen MR) is 72.5 cm³/mol. The molecule has 2 N–H and O–H groups in total. The summed E-state index contributed by atoms with van der Waals surface area (Å²) in [4.78, 5) is 0. The van der Waals surface area contributed by atoms with E-state index in [1.807, 2.05) is 12.1 Å². The average molecular weight is 293 g/mol. The molecular formula is C12H19BrClN. The highest BCUT2D eigenvalue weighted by Gasteiger charge is 2.04. The van der Waals surface area contributed by atoms with E-state index in [0.29, 0.717) is 0 Å². The number of benzene rings is 1. The molecule has 1 atom stereocenters. The summed E-state index contributed by atoms with van der Waals surface area (Å²) in [6, 6.07) is 8.47. The lowest BCUT2D eigenvalue weighted by molar-refractivity contribution is 0.581. The Labute approximate surface area is 107 Å². The van der Waals surface area contributed by atoms with Crippen molar-refractivity contribution in [3.05, 3.63) is 34.3 Å². The van der Waals surface area contributed by atoms with Crippen LogP contribution in [0.5, 0.6) is 0 Å². The highest BCUT2D eigenvalue weighted by molar-refractivity contribution is 9.10. The molecule has 0 aliphatic heterocycles. The molecule has 0 bridgehead atoms. The molecule has 1 rings (SSSR count). The molecule has 1 aromatic rings. The zero-order chi connectivity index (χ0) is 10.4. The summed E-state index contributed by atoms with van der Waals surface area (Å²) in [6.07, 6.45) is 4.85. The number of hydrogen-bond donors (Lipinski definition) is 1. The Balaban J connectivity index is 0.00000196. The Kier molecular flexibility index (Phi) is 8.12. The van der Waals surface area contributed by atoms with E-state index in [2.05, 4.69) is 35.0 Å². The third kappa shape index (κ3) is 5.55. The smallest absolute Gasteiger partial charge is 0.0295 e. The van der Waals surface area contributed by atoms with Crippen LogP contribution in [0.2, 0.25) is 0 Å². The monoisotopic (exact) mass is 291 g/mol. The molecule has 0 aliphatic carbocycles. The summed E-state index contributed by atoms with van der Waals surface area (Å²) >= 11 is 3.46. The van der Waals surface area contributed by atoms with Crippen LogP contribution in [0.4, 0.5) is 0 Å². The molecule has 0 spiro atoms. The lowest BCUT2D eigenvalue weighted by Gasteiger charge is -2.11. The standard InChI is InChI=1S/C12H18BrN.ClH/c1-2-3-4-8-12(14)10-6-5-7-11(13)9-10;/h5-7,9,12H,2-4,8,14H2,1H3;1H/t12-;/m1./s1. The predicted octanol–water partition coefficient (Wildman–Crippen LogP) is 4.45. The van der Waals surface area contributed by atoms with Crippen LogP contribution in [0, 0.1) is 0 Å². The van der Waals surface area contributed by atoms with Crippen molar-refractivity contribution in [2.24, 2.45) is 5.73 Å². The van der Waals surface area contributed by atoms with Gasteiger partial charge in [0.25, 0.3) is 0 Å². The number of hydrogen-bond acceptors (Lipinski definition) is 1. The van der Waals surface area contributed by atoms with E-state index in [-0.39, 0.29) is 18.4 Å². The van der Waals surface area contributed by atoms with Gasteiger partial charge in [0.1, 0.15) is 0 Å². The maximum Gasteiger partial charge on any atom is 0.0295 e. The van der Waals surface area contributed by atoms with Crippen LogP contribution in [-0.4, -0.2) is 0 Å².